The Bertz CT molecular complexity index is 658. The summed E-state index contributed by atoms with van der Waals surface area (Å²) >= 11 is 1.60. The Kier molecular flexibility index (Phi) is 3.56. The summed E-state index contributed by atoms with van der Waals surface area (Å²) in [5.41, 5.74) is 1.20. The van der Waals surface area contributed by atoms with E-state index in [9.17, 15) is 0 Å². The molecule has 0 N–H and O–H groups in total. The van der Waals surface area contributed by atoms with Crippen molar-refractivity contribution in [3.63, 3.8) is 0 Å². The normalized spacial score (nSPS) is 11.4. The second kappa shape index (κ2) is 5.67. The van der Waals surface area contributed by atoms with Gasteiger partial charge in [-0.05, 0) is 11.6 Å². The highest BCUT2D eigenvalue weighted by molar-refractivity contribution is 7.99. The lowest BCUT2D eigenvalue weighted by atomic mass is 10.2. The summed E-state index contributed by atoms with van der Waals surface area (Å²) in [6, 6.07) is 12.1. The van der Waals surface area contributed by atoms with Crippen molar-refractivity contribution < 1.29 is 0 Å². The van der Waals surface area contributed by atoms with Crippen LogP contribution in [0.25, 0.3) is 11.9 Å². The number of nitrogens with zero attached hydrogens (tertiary/aromatic N) is 4. The van der Waals surface area contributed by atoms with Gasteiger partial charge in [-0.1, -0.05) is 54.2 Å². The molecule has 19 heavy (non-hydrogen) atoms. The highest BCUT2D eigenvalue weighted by Crippen LogP contribution is 2.14. The van der Waals surface area contributed by atoms with Gasteiger partial charge in [-0.15, -0.1) is 5.10 Å². The number of benzene rings is 1. The van der Waals surface area contributed by atoms with Crippen molar-refractivity contribution in [2.75, 3.05) is 5.75 Å². The molecule has 0 aliphatic rings. The molecule has 4 nitrogen and oxygen atoms in total. The van der Waals surface area contributed by atoms with Crippen molar-refractivity contribution in [2.45, 2.75) is 5.16 Å². The van der Waals surface area contributed by atoms with Crippen LogP contribution >= 0.6 is 11.8 Å². The Balaban J connectivity index is 1.62. The first-order valence-corrected chi connectivity index (χ1v) is 6.92. The van der Waals surface area contributed by atoms with E-state index < -0.39 is 0 Å². The van der Waals surface area contributed by atoms with Gasteiger partial charge >= 0.3 is 0 Å². The van der Waals surface area contributed by atoms with Crippen LogP contribution in [0.3, 0.4) is 0 Å². The molecule has 0 aliphatic heterocycles. The van der Waals surface area contributed by atoms with Crippen molar-refractivity contribution in [3.8, 4) is 0 Å². The van der Waals surface area contributed by atoms with Gasteiger partial charge in [-0.25, -0.2) is 9.50 Å². The van der Waals surface area contributed by atoms with E-state index in [-0.39, 0.29) is 0 Å². The summed E-state index contributed by atoms with van der Waals surface area (Å²) in [4.78, 5) is 8.46. The van der Waals surface area contributed by atoms with Gasteiger partial charge < -0.3 is 0 Å². The molecule has 1 aromatic carbocycles. The molecule has 2 heterocycles. The monoisotopic (exact) mass is 268 g/mol. The second-order valence-corrected chi connectivity index (χ2v) is 4.87. The van der Waals surface area contributed by atoms with Crippen LogP contribution in [0.1, 0.15) is 5.56 Å². The van der Waals surface area contributed by atoms with Crippen LogP contribution in [0, 0.1) is 0 Å². The predicted molar refractivity (Wildman–Crippen MR) is 77.0 cm³/mol. The number of fused-ring (bicyclic) bond motifs is 1. The maximum Gasteiger partial charge on any atom is 0.253 e. The fourth-order valence-corrected chi connectivity index (χ4v) is 2.28. The Morgan fingerprint density at radius 1 is 1.16 bits per heavy atom. The van der Waals surface area contributed by atoms with E-state index in [1.807, 2.05) is 30.5 Å². The molecular weight excluding hydrogens is 256 g/mol. The molecule has 0 radical (unpaired) electrons. The number of thioether (sulfide) groups is 1. The minimum atomic E-state index is 0.636. The van der Waals surface area contributed by atoms with E-state index in [1.54, 1.807) is 22.5 Å². The summed E-state index contributed by atoms with van der Waals surface area (Å²) in [7, 11) is 0. The molecule has 3 rings (SSSR count). The third kappa shape index (κ3) is 3.00. The van der Waals surface area contributed by atoms with Crippen molar-refractivity contribution in [1.29, 1.82) is 0 Å². The third-order valence-corrected chi connectivity index (χ3v) is 3.31. The molecule has 0 bridgehead atoms. The molecule has 0 aliphatic carbocycles. The molecular formula is C14H12N4S. The van der Waals surface area contributed by atoms with Crippen LogP contribution in [0.15, 0.2) is 60.0 Å². The minimum absolute atomic E-state index is 0.636. The van der Waals surface area contributed by atoms with E-state index in [0.717, 1.165) is 10.9 Å². The Morgan fingerprint density at radius 3 is 2.89 bits per heavy atom. The predicted octanol–water partition coefficient (Wildman–Crippen LogP) is 2.93. The lowest BCUT2D eigenvalue weighted by Gasteiger charge is -1.91. The zero-order valence-corrected chi connectivity index (χ0v) is 11.0. The quantitative estimate of drug-likeness (QED) is 0.682. The highest BCUT2D eigenvalue weighted by atomic mass is 32.2. The van der Waals surface area contributed by atoms with E-state index >= 15 is 0 Å². The van der Waals surface area contributed by atoms with Gasteiger partial charge in [0.1, 0.15) is 0 Å². The minimum Gasteiger partial charge on any atom is -0.220 e. The molecule has 94 valence electrons. The van der Waals surface area contributed by atoms with Gasteiger partial charge in [-0.2, -0.15) is 4.98 Å². The molecule has 0 amide bonds. The Morgan fingerprint density at radius 2 is 2.05 bits per heavy atom. The van der Waals surface area contributed by atoms with Crippen LogP contribution in [0.2, 0.25) is 0 Å². The molecule has 2 aromatic heterocycles. The lowest BCUT2D eigenvalue weighted by Crippen LogP contribution is -1.86. The van der Waals surface area contributed by atoms with Gasteiger partial charge in [0.15, 0.2) is 0 Å². The number of hydrogen-bond acceptors (Lipinski definition) is 4. The summed E-state index contributed by atoms with van der Waals surface area (Å²) in [5, 5.41) is 5.08. The first-order chi connectivity index (χ1) is 9.42. The maximum absolute atomic E-state index is 4.33. The van der Waals surface area contributed by atoms with Gasteiger partial charge in [-0.3, -0.25) is 0 Å². The van der Waals surface area contributed by atoms with Crippen molar-refractivity contribution in [1.82, 2.24) is 19.6 Å². The van der Waals surface area contributed by atoms with Crippen molar-refractivity contribution in [2.24, 2.45) is 0 Å². The molecule has 0 saturated carbocycles. The number of hydrogen-bond donors (Lipinski definition) is 0. The largest absolute Gasteiger partial charge is 0.253 e. The topological polar surface area (TPSA) is 43.1 Å². The van der Waals surface area contributed by atoms with E-state index in [4.69, 9.17) is 0 Å². The lowest BCUT2D eigenvalue weighted by molar-refractivity contribution is 0.880. The zero-order chi connectivity index (χ0) is 12.9. The van der Waals surface area contributed by atoms with Crippen LogP contribution in [-0.4, -0.2) is 25.3 Å². The van der Waals surface area contributed by atoms with Crippen LogP contribution in [0.5, 0.6) is 0 Å². The van der Waals surface area contributed by atoms with Crippen molar-refractivity contribution >= 4 is 23.6 Å². The smallest absolute Gasteiger partial charge is 0.220 e. The fraction of sp³-hybridized carbons (Fsp3) is 0.0714. The maximum atomic E-state index is 4.33. The first kappa shape index (κ1) is 11.9. The van der Waals surface area contributed by atoms with E-state index in [1.165, 1.54) is 5.56 Å². The van der Waals surface area contributed by atoms with E-state index in [2.05, 4.69) is 39.4 Å². The van der Waals surface area contributed by atoms with Crippen LogP contribution in [-0.2, 0) is 0 Å². The molecule has 5 heteroatoms. The number of rotatable bonds is 4. The molecule has 0 spiro atoms. The average Bonchev–Trinajstić information content (AvgIpc) is 2.87. The summed E-state index contributed by atoms with van der Waals surface area (Å²) in [6.45, 7) is 0. The van der Waals surface area contributed by atoms with Gasteiger partial charge in [0.2, 0.25) is 5.16 Å². The summed E-state index contributed by atoms with van der Waals surface area (Å²) in [6.07, 6.45) is 7.77. The van der Waals surface area contributed by atoms with Crippen LogP contribution < -0.4 is 0 Å². The molecule has 0 unspecified atom stereocenters. The standard InChI is InChI=1S/C14H12N4S/c1-2-6-12(7-3-1)8-4-11-19-14-16-13-15-9-5-10-18(13)17-14/h1-10H,11H2. The van der Waals surface area contributed by atoms with Crippen molar-refractivity contribution in [3.05, 3.63) is 60.4 Å². The molecule has 3 aromatic rings. The SMILES string of the molecule is C(=Cc1ccccc1)CSc1nc2ncccn2n1. The third-order valence-electron chi connectivity index (χ3n) is 2.52. The van der Waals surface area contributed by atoms with Gasteiger partial charge in [0, 0.05) is 18.1 Å². The van der Waals surface area contributed by atoms with Gasteiger partial charge in [0.25, 0.3) is 5.78 Å². The average molecular weight is 268 g/mol. The first-order valence-electron chi connectivity index (χ1n) is 5.93. The second-order valence-electron chi connectivity index (χ2n) is 3.88. The van der Waals surface area contributed by atoms with Gasteiger partial charge in [0.05, 0.1) is 0 Å². The molecule has 0 saturated heterocycles. The van der Waals surface area contributed by atoms with E-state index in [0.29, 0.717) is 5.78 Å². The Hall–Kier alpha value is -2.14. The molecule has 0 fully saturated rings. The summed E-state index contributed by atoms with van der Waals surface area (Å²) in [5.74, 6) is 1.48. The fourth-order valence-electron chi connectivity index (χ4n) is 1.65. The zero-order valence-electron chi connectivity index (χ0n) is 10.2. The van der Waals surface area contributed by atoms with Crippen LogP contribution in [0.4, 0.5) is 0 Å². The molecule has 0 atom stereocenters. The number of aromatic nitrogens is 4. The summed E-state index contributed by atoms with van der Waals surface area (Å²) < 4.78 is 1.68. The Labute approximate surface area is 115 Å². The highest BCUT2D eigenvalue weighted by Gasteiger charge is 2.02.